The van der Waals surface area contributed by atoms with Gasteiger partial charge in [-0.05, 0) is 38.5 Å². The minimum Gasteiger partial charge on any atom is -0.493 e. The number of amides is 3. The lowest BCUT2D eigenvalue weighted by Gasteiger charge is -2.14. The first kappa shape index (κ1) is 23.0. The molecular weight excluding hydrogens is 390 g/mol. The number of rotatable bonds is 9. The molecule has 3 amide bonds. The predicted octanol–water partition coefficient (Wildman–Crippen LogP) is 2.57. The molecule has 0 radical (unpaired) electrons. The van der Waals surface area contributed by atoms with Crippen LogP contribution in [0.25, 0.3) is 0 Å². The van der Waals surface area contributed by atoms with Crippen molar-refractivity contribution in [3.8, 4) is 11.5 Å². The van der Waals surface area contributed by atoms with Gasteiger partial charge in [0.05, 0.1) is 13.2 Å². The highest BCUT2D eigenvalue weighted by atomic mass is 16.5. The lowest BCUT2D eigenvalue weighted by Crippen LogP contribution is -2.47. The molecule has 1 aromatic carbocycles. The number of aryl methyl sites for hydroxylation is 1. The Bertz CT molecular complexity index is 850. The number of hydrazine groups is 1. The number of nitrogens with zero attached hydrogens (tertiary/aromatic N) is 2. The van der Waals surface area contributed by atoms with Crippen molar-refractivity contribution in [2.45, 2.75) is 52.6 Å². The van der Waals surface area contributed by atoms with Gasteiger partial charge >= 0.3 is 6.03 Å². The molecule has 10 nitrogen and oxygen atoms in total. The molecule has 0 saturated carbocycles. The average Bonchev–Trinajstić information content (AvgIpc) is 3.18. The van der Waals surface area contributed by atoms with Crippen LogP contribution in [0.3, 0.4) is 0 Å². The second-order valence-electron chi connectivity index (χ2n) is 7.17. The summed E-state index contributed by atoms with van der Waals surface area (Å²) in [5, 5.41) is 6.53. The maximum atomic E-state index is 12.2. The molecule has 2 aromatic rings. The molecule has 30 heavy (non-hydrogen) atoms. The van der Waals surface area contributed by atoms with Gasteiger partial charge in [-0.15, -0.1) is 0 Å². The Morgan fingerprint density at radius 1 is 1.13 bits per heavy atom. The molecule has 2 rings (SSSR count). The lowest BCUT2D eigenvalue weighted by molar-refractivity contribution is 0.0936. The van der Waals surface area contributed by atoms with Gasteiger partial charge in [0, 0.05) is 24.4 Å². The minimum atomic E-state index is -0.525. The monoisotopic (exact) mass is 419 g/mol. The number of aromatic nitrogens is 2. The summed E-state index contributed by atoms with van der Waals surface area (Å²) in [4.78, 5) is 28.4. The molecule has 0 spiro atoms. The summed E-state index contributed by atoms with van der Waals surface area (Å²) in [5.41, 5.74) is 4.98. The van der Waals surface area contributed by atoms with E-state index in [1.807, 2.05) is 27.7 Å². The predicted molar refractivity (Wildman–Crippen MR) is 109 cm³/mol. The first-order valence-electron chi connectivity index (χ1n) is 9.81. The largest absolute Gasteiger partial charge is 0.493 e. The Labute approximate surface area is 175 Å². The van der Waals surface area contributed by atoms with Crippen LogP contribution in [0.5, 0.6) is 11.5 Å². The maximum Gasteiger partial charge on any atom is 0.333 e. The number of methoxy groups -OCH3 is 1. The zero-order chi connectivity index (χ0) is 22.1. The summed E-state index contributed by atoms with van der Waals surface area (Å²) in [5.74, 6) is 1.89. The van der Waals surface area contributed by atoms with E-state index in [1.54, 1.807) is 18.2 Å². The molecule has 0 fully saturated rings. The van der Waals surface area contributed by atoms with E-state index in [1.165, 1.54) is 7.11 Å². The Hall–Kier alpha value is -3.30. The van der Waals surface area contributed by atoms with E-state index in [2.05, 4.69) is 26.3 Å². The van der Waals surface area contributed by atoms with Crippen LogP contribution in [0, 0.1) is 0 Å². The van der Waals surface area contributed by atoms with Crippen LogP contribution < -0.4 is 25.6 Å². The van der Waals surface area contributed by atoms with Crippen LogP contribution in [0.2, 0.25) is 0 Å². The van der Waals surface area contributed by atoms with Crippen LogP contribution in [0.4, 0.5) is 4.79 Å². The number of urea groups is 1. The molecule has 0 aliphatic heterocycles. The maximum absolute atomic E-state index is 12.2. The van der Waals surface area contributed by atoms with Crippen molar-refractivity contribution in [1.29, 1.82) is 0 Å². The van der Waals surface area contributed by atoms with Gasteiger partial charge in [-0.25, -0.2) is 10.2 Å². The Morgan fingerprint density at radius 2 is 1.90 bits per heavy atom. The third-order valence-electron chi connectivity index (χ3n) is 3.93. The molecule has 0 saturated heterocycles. The first-order chi connectivity index (χ1) is 14.3. The average molecular weight is 419 g/mol. The highest BCUT2D eigenvalue weighted by Crippen LogP contribution is 2.28. The van der Waals surface area contributed by atoms with Crippen molar-refractivity contribution in [3.63, 3.8) is 0 Å². The van der Waals surface area contributed by atoms with Crippen LogP contribution >= 0.6 is 0 Å². The molecule has 3 N–H and O–H groups in total. The second-order valence-corrected chi connectivity index (χ2v) is 7.17. The number of carbonyl (C=O) groups excluding carboxylic acids is 2. The molecule has 0 atom stereocenters. The van der Waals surface area contributed by atoms with Gasteiger partial charge < -0.3 is 19.3 Å². The van der Waals surface area contributed by atoms with Gasteiger partial charge in [0.25, 0.3) is 5.91 Å². The second kappa shape index (κ2) is 11.0. The zero-order valence-corrected chi connectivity index (χ0v) is 17.9. The third kappa shape index (κ3) is 6.94. The van der Waals surface area contributed by atoms with Crippen LogP contribution in [-0.2, 0) is 6.42 Å². The normalized spacial score (nSPS) is 10.8. The topological polar surface area (TPSA) is 128 Å². The molecule has 0 unspecified atom stereocenters. The third-order valence-corrected chi connectivity index (χ3v) is 3.93. The molecule has 1 aromatic heterocycles. The highest BCUT2D eigenvalue weighted by molar-refractivity contribution is 5.95. The fourth-order valence-electron chi connectivity index (χ4n) is 2.44. The number of hydrogen-bond acceptors (Lipinski definition) is 7. The Morgan fingerprint density at radius 3 is 2.53 bits per heavy atom. The van der Waals surface area contributed by atoms with Gasteiger partial charge in [-0.2, -0.15) is 4.98 Å². The van der Waals surface area contributed by atoms with Crippen molar-refractivity contribution in [2.75, 3.05) is 13.7 Å². The van der Waals surface area contributed by atoms with E-state index in [0.717, 1.165) is 0 Å². The van der Waals surface area contributed by atoms with Crippen molar-refractivity contribution in [2.24, 2.45) is 0 Å². The number of carbonyl (C=O) groups is 2. The van der Waals surface area contributed by atoms with E-state index in [-0.39, 0.29) is 12.0 Å². The zero-order valence-electron chi connectivity index (χ0n) is 17.9. The number of ether oxygens (including phenoxy) is 2. The lowest BCUT2D eigenvalue weighted by atomic mass is 10.2. The Kier molecular flexibility index (Phi) is 8.45. The standard InChI is InChI=1S/C20H29N5O5/c1-12(2)18-22-17(30-25-18)7-6-10-21-20(27)24-23-19(26)14-8-9-15(29-13(3)4)16(11-14)28-5/h8-9,11-13H,6-7,10H2,1-5H3,(H,23,26)(H2,21,24,27). The summed E-state index contributed by atoms with van der Waals surface area (Å²) >= 11 is 0. The van der Waals surface area contributed by atoms with Crippen LogP contribution in [-0.4, -0.2) is 41.8 Å². The smallest absolute Gasteiger partial charge is 0.333 e. The molecule has 164 valence electrons. The number of hydrogen-bond donors (Lipinski definition) is 3. The summed E-state index contributed by atoms with van der Waals surface area (Å²) in [6, 6.07) is 4.26. The summed E-state index contributed by atoms with van der Waals surface area (Å²) in [6.45, 7) is 8.15. The molecule has 0 aliphatic rings. The number of benzene rings is 1. The van der Waals surface area contributed by atoms with Crippen LogP contribution in [0.15, 0.2) is 22.7 Å². The first-order valence-corrected chi connectivity index (χ1v) is 9.81. The van der Waals surface area contributed by atoms with Crippen molar-refractivity contribution in [3.05, 3.63) is 35.5 Å². The SMILES string of the molecule is COc1cc(C(=O)NNC(=O)NCCCc2nc(C(C)C)no2)ccc1OC(C)C. The van der Waals surface area contributed by atoms with Gasteiger partial charge in [0.15, 0.2) is 17.3 Å². The Balaban J connectivity index is 1.74. The highest BCUT2D eigenvalue weighted by Gasteiger charge is 2.13. The summed E-state index contributed by atoms with van der Waals surface area (Å²) in [7, 11) is 1.49. The quantitative estimate of drug-likeness (QED) is 0.421. The molecule has 0 aliphatic carbocycles. The minimum absolute atomic E-state index is 0.0268. The van der Waals surface area contributed by atoms with Crippen LogP contribution in [0.1, 0.15) is 62.1 Å². The molecule has 1 heterocycles. The van der Waals surface area contributed by atoms with Gasteiger partial charge in [0.1, 0.15) is 0 Å². The summed E-state index contributed by atoms with van der Waals surface area (Å²) < 4.78 is 16.0. The van der Waals surface area contributed by atoms with Crippen molar-refractivity contribution >= 4 is 11.9 Å². The van der Waals surface area contributed by atoms with E-state index < -0.39 is 11.9 Å². The van der Waals surface area contributed by atoms with E-state index in [9.17, 15) is 9.59 Å². The fourth-order valence-corrected chi connectivity index (χ4v) is 2.44. The molecular formula is C20H29N5O5. The summed E-state index contributed by atoms with van der Waals surface area (Å²) in [6.07, 6.45) is 1.15. The van der Waals surface area contributed by atoms with E-state index in [4.69, 9.17) is 14.0 Å². The van der Waals surface area contributed by atoms with Gasteiger partial charge in [-0.1, -0.05) is 19.0 Å². The van der Waals surface area contributed by atoms with Gasteiger partial charge in [-0.3, -0.25) is 10.2 Å². The van der Waals surface area contributed by atoms with Gasteiger partial charge in [0.2, 0.25) is 5.89 Å². The number of nitrogens with one attached hydrogen (secondary N) is 3. The molecule has 10 heteroatoms. The van der Waals surface area contributed by atoms with E-state index in [0.29, 0.717) is 48.2 Å². The van der Waals surface area contributed by atoms with E-state index >= 15 is 0 Å². The van der Waals surface area contributed by atoms with Crippen molar-refractivity contribution in [1.82, 2.24) is 26.3 Å². The van der Waals surface area contributed by atoms with Crippen molar-refractivity contribution < 1.29 is 23.6 Å². The fraction of sp³-hybridized carbons (Fsp3) is 0.500. The molecule has 0 bridgehead atoms.